The van der Waals surface area contributed by atoms with Crippen molar-refractivity contribution in [1.29, 1.82) is 0 Å². The highest BCUT2D eigenvalue weighted by atomic mass is 35.5. The van der Waals surface area contributed by atoms with Gasteiger partial charge in [-0.15, -0.1) is 0 Å². The van der Waals surface area contributed by atoms with Gasteiger partial charge in [0.2, 0.25) is 0 Å². The zero-order valence-corrected chi connectivity index (χ0v) is 17.0. The summed E-state index contributed by atoms with van der Waals surface area (Å²) >= 11 is 6.28. The van der Waals surface area contributed by atoms with Crippen LogP contribution in [0.3, 0.4) is 0 Å². The Morgan fingerprint density at radius 1 is 1.41 bits per heavy atom. The smallest absolute Gasteiger partial charge is 0.0783 e. The average Bonchev–Trinajstić information content (AvgIpc) is 2.68. The normalized spacial score (nSPS) is 18.1. The van der Waals surface area contributed by atoms with E-state index in [0.717, 1.165) is 55.0 Å². The molecule has 0 spiro atoms. The molecule has 1 unspecified atom stereocenters. The van der Waals surface area contributed by atoms with Crippen LogP contribution in [-0.2, 0) is 0 Å². The molecular formula is C22H30ClN3O. The van der Waals surface area contributed by atoms with Crippen molar-refractivity contribution in [3.63, 3.8) is 0 Å². The summed E-state index contributed by atoms with van der Waals surface area (Å²) in [6.45, 7) is 11.6. The number of aliphatic hydroxyl groups is 1. The largest absolute Gasteiger partial charge is 0.392 e. The van der Waals surface area contributed by atoms with E-state index in [4.69, 9.17) is 11.6 Å². The lowest BCUT2D eigenvalue weighted by molar-refractivity contribution is 0.214. The summed E-state index contributed by atoms with van der Waals surface area (Å²) in [7, 11) is 0. The molecule has 0 aromatic heterocycles. The molecule has 2 N–H and O–H groups in total. The number of allylic oxidation sites excluding steroid dienone is 1. The zero-order chi connectivity index (χ0) is 19.6. The van der Waals surface area contributed by atoms with Crippen molar-refractivity contribution in [2.24, 2.45) is 4.99 Å². The highest BCUT2D eigenvalue weighted by Crippen LogP contribution is 2.30. The molecule has 0 saturated carbocycles. The lowest BCUT2D eigenvalue weighted by atomic mass is 9.93. The van der Waals surface area contributed by atoms with Crippen LogP contribution >= 0.6 is 11.6 Å². The van der Waals surface area contributed by atoms with Gasteiger partial charge >= 0.3 is 0 Å². The fourth-order valence-electron chi connectivity index (χ4n) is 3.26. The lowest BCUT2D eigenvalue weighted by Crippen LogP contribution is -2.47. The Kier molecular flexibility index (Phi) is 8.95. The summed E-state index contributed by atoms with van der Waals surface area (Å²) in [5, 5.41) is 13.6. The minimum absolute atomic E-state index is 0.00269. The van der Waals surface area contributed by atoms with Crippen LogP contribution < -0.4 is 5.32 Å². The molecule has 146 valence electrons. The molecule has 0 bridgehead atoms. The predicted molar refractivity (Wildman–Crippen MR) is 116 cm³/mol. The fraction of sp³-hybridized carbons (Fsp3) is 0.409. The molecule has 0 aliphatic carbocycles. The third kappa shape index (κ3) is 6.15. The number of nitrogens with zero attached hydrogens (tertiary/aromatic N) is 2. The number of nitrogens with one attached hydrogen (secondary N) is 1. The minimum atomic E-state index is 0.00269. The van der Waals surface area contributed by atoms with Crippen LogP contribution in [-0.4, -0.2) is 48.5 Å². The maximum Gasteiger partial charge on any atom is 0.0783 e. The van der Waals surface area contributed by atoms with Gasteiger partial charge in [-0.2, -0.15) is 0 Å². The summed E-state index contributed by atoms with van der Waals surface area (Å²) in [5.74, 6) is 0. The van der Waals surface area contributed by atoms with Gasteiger partial charge in [0.25, 0.3) is 0 Å². The van der Waals surface area contributed by atoms with E-state index < -0.39 is 0 Å². The Labute approximate surface area is 167 Å². The Hall–Kier alpha value is -1.72. The van der Waals surface area contributed by atoms with Crippen molar-refractivity contribution in [1.82, 2.24) is 10.2 Å². The summed E-state index contributed by atoms with van der Waals surface area (Å²) in [5.41, 5.74) is 4.01. The molecule has 1 fully saturated rings. The lowest BCUT2D eigenvalue weighted by Gasteiger charge is -2.36. The molecule has 1 aromatic rings. The van der Waals surface area contributed by atoms with Gasteiger partial charge in [0.15, 0.2) is 0 Å². The van der Waals surface area contributed by atoms with Crippen LogP contribution in [0.4, 0.5) is 0 Å². The Morgan fingerprint density at radius 3 is 2.78 bits per heavy atom. The van der Waals surface area contributed by atoms with Crippen LogP contribution in [0.2, 0.25) is 5.02 Å². The van der Waals surface area contributed by atoms with E-state index in [2.05, 4.69) is 46.9 Å². The first-order chi connectivity index (χ1) is 13.1. The molecule has 1 saturated heterocycles. The quantitative estimate of drug-likeness (QED) is 0.656. The molecule has 27 heavy (non-hydrogen) atoms. The van der Waals surface area contributed by atoms with Gasteiger partial charge in [-0.05, 0) is 48.3 Å². The van der Waals surface area contributed by atoms with Gasteiger partial charge in [0.05, 0.1) is 18.4 Å². The van der Waals surface area contributed by atoms with E-state index in [1.807, 2.05) is 25.1 Å². The monoisotopic (exact) mass is 387 g/mol. The summed E-state index contributed by atoms with van der Waals surface area (Å²) in [4.78, 5) is 7.04. The molecule has 1 aliphatic rings. The van der Waals surface area contributed by atoms with E-state index in [1.165, 1.54) is 0 Å². The maximum atomic E-state index is 9.49. The standard InChI is InChI=1S/C22H30ClN3O/c1-4-6-7-21(25-5-2)22(26-12-10-24-11-13-26)20-9-8-19(23)15-18(20)14-17(3)16-27/h5-9,14-15,22,24,27H,2,4,10-13,16H2,1,3H3/b7-6-,17-14+,25-21?. The molecule has 1 heterocycles. The van der Waals surface area contributed by atoms with Gasteiger partial charge in [-0.1, -0.05) is 43.3 Å². The van der Waals surface area contributed by atoms with Crippen molar-refractivity contribution >= 4 is 23.4 Å². The van der Waals surface area contributed by atoms with Crippen molar-refractivity contribution in [2.45, 2.75) is 26.3 Å². The average molecular weight is 388 g/mol. The fourth-order valence-corrected chi connectivity index (χ4v) is 3.44. The van der Waals surface area contributed by atoms with E-state index in [1.54, 1.807) is 6.20 Å². The first-order valence-corrected chi connectivity index (χ1v) is 9.85. The van der Waals surface area contributed by atoms with Crippen LogP contribution in [0.5, 0.6) is 0 Å². The highest BCUT2D eigenvalue weighted by Gasteiger charge is 2.27. The predicted octanol–water partition coefficient (Wildman–Crippen LogP) is 4.23. The van der Waals surface area contributed by atoms with Crippen LogP contribution in [0.1, 0.15) is 37.4 Å². The Morgan fingerprint density at radius 2 is 2.15 bits per heavy atom. The molecule has 4 nitrogen and oxygen atoms in total. The van der Waals surface area contributed by atoms with Crippen LogP contribution in [0.25, 0.3) is 6.08 Å². The minimum Gasteiger partial charge on any atom is -0.392 e. The van der Waals surface area contributed by atoms with Crippen molar-refractivity contribution in [3.8, 4) is 0 Å². The molecular weight excluding hydrogens is 358 g/mol. The third-order valence-electron chi connectivity index (χ3n) is 4.56. The van der Waals surface area contributed by atoms with E-state index in [-0.39, 0.29) is 12.6 Å². The Balaban J connectivity index is 2.60. The third-order valence-corrected chi connectivity index (χ3v) is 4.79. The van der Waals surface area contributed by atoms with E-state index in [0.29, 0.717) is 5.02 Å². The maximum absolute atomic E-state index is 9.49. The van der Waals surface area contributed by atoms with Crippen molar-refractivity contribution < 1.29 is 5.11 Å². The van der Waals surface area contributed by atoms with E-state index >= 15 is 0 Å². The molecule has 0 amide bonds. The number of aliphatic hydroxyl groups excluding tert-OH is 1. The van der Waals surface area contributed by atoms with Gasteiger partial charge < -0.3 is 10.4 Å². The number of hydrogen-bond acceptors (Lipinski definition) is 4. The van der Waals surface area contributed by atoms with Crippen LogP contribution in [0, 0.1) is 0 Å². The number of halogens is 1. The summed E-state index contributed by atoms with van der Waals surface area (Å²) in [6.07, 6.45) is 8.78. The van der Waals surface area contributed by atoms with Crippen LogP contribution in [0.15, 0.2) is 53.7 Å². The molecule has 1 atom stereocenters. The van der Waals surface area contributed by atoms with E-state index in [9.17, 15) is 5.11 Å². The number of rotatable bonds is 8. The molecule has 1 aromatic carbocycles. The number of hydrogen-bond donors (Lipinski definition) is 2. The van der Waals surface area contributed by atoms with Gasteiger partial charge in [-0.3, -0.25) is 9.89 Å². The first-order valence-electron chi connectivity index (χ1n) is 9.48. The second-order valence-corrected chi connectivity index (χ2v) is 7.09. The summed E-state index contributed by atoms with van der Waals surface area (Å²) < 4.78 is 0. The van der Waals surface area contributed by atoms with Crippen molar-refractivity contribution in [3.05, 3.63) is 64.9 Å². The second-order valence-electron chi connectivity index (χ2n) is 6.66. The van der Waals surface area contributed by atoms with Gasteiger partial charge in [0.1, 0.15) is 0 Å². The number of piperazine rings is 1. The second kappa shape index (κ2) is 11.2. The van der Waals surface area contributed by atoms with Gasteiger partial charge in [0, 0.05) is 37.4 Å². The highest BCUT2D eigenvalue weighted by molar-refractivity contribution is 6.30. The molecule has 1 aliphatic heterocycles. The van der Waals surface area contributed by atoms with Gasteiger partial charge in [-0.25, -0.2) is 0 Å². The number of aliphatic imine (C=N–C) groups is 1. The Bertz CT molecular complexity index is 718. The molecule has 5 heteroatoms. The number of benzene rings is 1. The topological polar surface area (TPSA) is 47.9 Å². The first kappa shape index (κ1) is 21.6. The van der Waals surface area contributed by atoms with Crippen molar-refractivity contribution in [2.75, 3.05) is 32.8 Å². The molecule has 2 rings (SSSR count). The zero-order valence-electron chi connectivity index (χ0n) is 16.3. The summed E-state index contributed by atoms with van der Waals surface area (Å²) in [6, 6.07) is 5.96. The molecule has 0 radical (unpaired) electrons. The SMILES string of the molecule is C=CN=C(/C=C\CC)C(c1ccc(Cl)cc1/C=C(\C)CO)N1CCNCC1.